The topological polar surface area (TPSA) is 57.8 Å². The lowest BCUT2D eigenvalue weighted by Crippen LogP contribution is -2.28. The number of hydrogen-bond donors (Lipinski definition) is 2. The maximum atomic E-state index is 11.6. The molecule has 0 unspecified atom stereocenters. The molecular formula is C14H23N3OS. The number of anilines is 1. The van der Waals surface area contributed by atoms with Gasteiger partial charge in [-0.05, 0) is 31.9 Å². The number of aromatic amines is 1. The van der Waals surface area contributed by atoms with Crippen molar-refractivity contribution < 1.29 is 0 Å². The maximum absolute atomic E-state index is 11.6. The van der Waals surface area contributed by atoms with Crippen LogP contribution in [0.4, 0.5) is 5.82 Å². The summed E-state index contributed by atoms with van der Waals surface area (Å²) < 4.78 is 0. The van der Waals surface area contributed by atoms with E-state index >= 15 is 0 Å². The number of nitrogens with zero attached hydrogens (tertiary/aromatic N) is 1. The average molecular weight is 281 g/mol. The molecule has 106 valence electrons. The van der Waals surface area contributed by atoms with E-state index in [4.69, 9.17) is 0 Å². The molecule has 2 rings (SSSR count). The summed E-state index contributed by atoms with van der Waals surface area (Å²) in [6.07, 6.45) is 7.01. The monoisotopic (exact) mass is 281 g/mol. The molecule has 1 saturated carbocycles. The summed E-state index contributed by atoms with van der Waals surface area (Å²) in [6.45, 7) is 4.07. The fourth-order valence-electron chi connectivity index (χ4n) is 2.48. The predicted molar refractivity (Wildman–Crippen MR) is 82.1 cm³/mol. The van der Waals surface area contributed by atoms with Crippen LogP contribution >= 0.6 is 11.8 Å². The Morgan fingerprint density at radius 2 is 2.05 bits per heavy atom. The van der Waals surface area contributed by atoms with E-state index < -0.39 is 0 Å². The quantitative estimate of drug-likeness (QED) is 0.891. The Bertz CT molecular complexity index is 464. The van der Waals surface area contributed by atoms with Crippen LogP contribution in [-0.4, -0.2) is 27.5 Å². The third kappa shape index (κ3) is 4.00. The van der Waals surface area contributed by atoms with E-state index in [0.717, 1.165) is 29.7 Å². The molecule has 1 fully saturated rings. The fraction of sp³-hybridized carbons (Fsp3) is 0.714. The number of rotatable bonds is 4. The molecule has 0 amide bonds. The zero-order valence-corrected chi connectivity index (χ0v) is 12.7. The van der Waals surface area contributed by atoms with Crippen molar-refractivity contribution in [3.05, 3.63) is 22.2 Å². The molecule has 0 bridgehead atoms. The number of hydrogen-bond acceptors (Lipinski definition) is 4. The van der Waals surface area contributed by atoms with Crippen LogP contribution in [0.1, 0.15) is 51.3 Å². The minimum Gasteiger partial charge on any atom is -0.367 e. The summed E-state index contributed by atoms with van der Waals surface area (Å²) in [6, 6.07) is 2.02. The first-order chi connectivity index (χ1) is 9.08. The Balaban J connectivity index is 2.01. The van der Waals surface area contributed by atoms with Gasteiger partial charge in [0.1, 0.15) is 11.6 Å². The second kappa shape index (κ2) is 6.46. The van der Waals surface area contributed by atoms with Crippen molar-refractivity contribution in [1.82, 2.24) is 9.97 Å². The van der Waals surface area contributed by atoms with Gasteiger partial charge in [0.05, 0.1) is 0 Å². The van der Waals surface area contributed by atoms with Crippen molar-refractivity contribution >= 4 is 17.6 Å². The van der Waals surface area contributed by atoms with Gasteiger partial charge in [-0.25, -0.2) is 4.98 Å². The Morgan fingerprint density at radius 3 is 2.63 bits per heavy atom. The van der Waals surface area contributed by atoms with Crippen LogP contribution in [0.5, 0.6) is 0 Å². The second-order valence-electron chi connectivity index (χ2n) is 5.52. The van der Waals surface area contributed by atoms with Crippen molar-refractivity contribution in [3.63, 3.8) is 0 Å². The summed E-state index contributed by atoms with van der Waals surface area (Å²) in [5.74, 6) is 1.72. The van der Waals surface area contributed by atoms with Crippen LogP contribution in [-0.2, 0) is 0 Å². The van der Waals surface area contributed by atoms with E-state index in [0.29, 0.717) is 6.04 Å². The second-order valence-corrected chi connectivity index (χ2v) is 6.66. The van der Waals surface area contributed by atoms with E-state index in [2.05, 4.69) is 21.5 Å². The van der Waals surface area contributed by atoms with Crippen molar-refractivity contribution in [2.75, 3.05) is 11.6 Å². The molecule has 0 aromatic carbocycles. The average Bonchev–Trinajstić information content (AvgIpc) is 2.39. The molecule has 0 spiro atoms. The third-order valence-electron chi connectivity index (χ3n) is 3.67. The number of nitrogens with one attached hydrogen (secondary N) is 2. The number of H-pyrrole nitrogens is 1. The molecule has 5 heteroatoms. The molecule has 2 N–H and O–H groups in total. The van der Waals surface area contributed by atoms with Gasteiger partial charge >= 0.3 is 0 Å². The van der Waals surface area contributed by atoms with E-state index in [1.807, 2.05) is 25.6 Å². The van der Waals surface area contributed by atoms with E-state index in [1.54, 1.807) is 6.07 Å². The Labute approximate surface area is 118 Å². The number of thioether (sulfide) groups is 1. The first kappa shape index (κ1) is 14.4. The van der Waals surface area contributed by atoms with Crippen LogP contribution in [0.25, 0.3) is 0 Å². The molecule has 1 aliphatic carbocycles. The molecule has 1 aromatic rings. The summed E-state index contributed by atoms with van der Waals surface area (Å²) in [4.78, 5) is 18.9. The zero-order chi connectivity index (χ0) is 13.8. The minimum atomic E-state index is -0.0704. The van der Waals surface area contributed by atoms with Crippen LogP contribution < -0.4 is 10.9 Å². The molecule has 0 radical (unpaired) electrons. The van der Waals surface area contributed by atoms with Crippen LogP contribution in [0, 0.1) is 0 Å². The largest absolute Gasteiger partial charge is 0.367 e. The highest BCUT2D eigenvalue weighted by molar-refractivity contribution is 7.99. The van der Waals surface area contributed by atoms with Crippen LogP contribution in [0.2, 0.25) is 0 Å². The van der Waals surface area contributed by atoms with Gasteiger partial charge in [-0.1, -0.05) is 13.8 Å². The van der Waals surface area contributed by atoms with Crippen molar-refractivity contribution in [3.8, 4) is 0 Å². The summed E-state index contributed by atoms with van der Waals surface area (Å²) in [7, 11) is 0. The van der Waals surface area contributed by atoms with Crippen LogP contribution in [0.15, 0.2) is 10.9 Å². The molecule has 0 aliphatic heterocycles. The molecule has 1 heterocycles. The smallest absolute Gasteiger partial charge is 0.252 e. The lowest BCUT2D eigenvalue weighted by Gasteiger charge is -2.28. The fourth-order valence-corrected chi connectivity index (χ4v) is 3.22. The lowest BCUT2D eigenvalue weighted by atomic mass is 9.95. The maximum Gasteiger partial charge on any atom is 0.252 e. The highest BCUT2D eigenvalue weighted by Gasteiger charge is 2.20. The van der Waals surface area contributed by atoms with Gasteiger partial charge in [0, 0.05) is 23.3 Å². The minimum absolute atomic E-state index is 0.0704. The SMILES string of the molecule is CSC1CCC(Nc2cc(=O)[nH]c(C(C)C)n2)CC1. The van der Waals surface area contributed by atoms with E-state index in [1.165, 1.54) is 12.8 Å². The van der Waals surface area contributed by atoms with Gasteiger partial charge in [0.25, 0.3) is 5.56 Å². The summed E-state index contributed by atoms with van der Waals surface area (Å²) >= 11 is 1.96. The van der Waals surface area contributed by atoms with Crippen LogP contribution in [0.3, 0.4) is 0 Å². The van der Waals surface area contributed by atoms with Gasteiger partial charge in [-0.2, -0.15) is 11.8 Å². The van der Waals surface area contributed by atoms with Gasteiger partial charge in [-0.15, -0.1) is 0 Å². The molecule has 4 nitrogen and oxygen atoms in total. The van der Waals surface area contributed by atoms with Crippen molar-refractivity contribution in [1.29, 1.82) is 0 Å². The van der Waals surface area contributed by atoms with Crippen molar-refractivity contribution in [2.24, 2.45) is 0 Å². The zero-order valence-electron chi connectivity index (χ0n) is 11.9. The Kier molecular flexibility index (Phi) is 4.91. The van der Waals surface area contributed by atoms with E-state index in [-0.39, 0.29) is 11.5 Å². The molecule has 1 aliphatic rings. The summed E-state index contributed by atoms with van der Waals surface area (Å²) in [5.41, 5.74) is -0.0704. The third-order valence-corrected chi connectivity index (χ3v) is 4.80. The van der Waals surface area contributed by atoms with E-state index in [9.17, 15) is 4.79 Å². The van der Waals surface area contributed by atoms with Gasteiger partial charge < -0.3 is 10.3 Å². The van der Waals surface area contributed by atoms with Crippen molar-refractivity contribution in [2.45, 2.75) is 56.7 Å². The predicted octanol–water partition coefficient (Wildman–Crippen LogP) is 2.98. The Hall–Kier alpha value is -0.970. The molecular weight excluding hydrogens is 258 g/mol. The highest BCUT2D eigenvalue weighted by atomic mass is 32.2. The molecule has 0 atom stereocenters. The molecule has 19 heavy (non-hydrogen) atoms. The standard InChI is InChI=1S/C14H23N3OS/c1-9(2)14-16-12(8-13(18)17-14)15-10-4-6-11(19-3)7-5-10/h8-11H,4-7H2,1-3H3,(H2,15,16,17,18). The number of aromatic nitrogens is 2. The first-order valence-corrected chi connectivity index (χ1v) is 8.28. The highest BCUT2D eigenvalue weighted by Crippen LogP contribution is 2.28. The Morgan fingerprint density at radius 1 is 1.37 bits per heavy atom. The first-order valence-electron chi connectivity index (χ1n) is 6.99. The summed E-state index contributed by atoms with van der Waals surface area (Å²) in [5, 5.41) is 4.22. The molecule has 0 saturated heterocycles. The van der Waals surface area contributed by atoms with Gasteiger partial charge in [0.15, 0.2) is 0 Å². The molecule has 1 aromatic heterocycles. The van der Waals surface area contributed by atoms with Gasteiger partial charge in [-0.3, -0.25) is 4.79 Å². The lowest BCUT2D eigenvalue weighted by molar-refractivity contribution is 0.472. The van der Waals surface area contributed by atoms with Gasteiger partial charge in [0.2, 0.25) is 0 Å². The normalized spacial score (nSPS) is 23.6.